The molecule has 0 bridgehead atoms. The van der Waals surface area contributed by atoms with E-state index in [1.807, 2.05) is 0 Å². The van der Waals surface area contributed by atoms with Crippen LogP contribution in [0.1, 0.15) is 17.8 Å². The number of fused-ring (bicyclic) bond motifs is 2. The van der Waals surface area contributed by atoms with Crippen LogP contribution >= 0.6 is 0 Å². The lowest BCUT2D eigenvalue weighted by molar-refractivity contribution is -0.140. The Kier molecular flexibility index (Phi) is 4.68. The highest BCUT2D eigenvalue weighted by molar-refractivity contribution is 5.95. The van der Waals surface area contributed by atoms with Crippen molar-refractivity contribution in [2.75, 3.05) is 11.4 Å². The van der Waals surface area contributed by atoms with E-state index < -0.39 is 24.3 Å². The van der Waals surface area contributed by atoms with Gasteiger partial charge in [0.25, 0.3) is 0 Å². The summed E-state index contributed by atoms with van der Waals surface area (Å²) in [5.74, 6) is -0.793. The molecule has 0 aliphatic carbocycles. The van der Waals surface area contributed by atoms with E-state index in [1.165, 1.54) is 41.6 Å². The van der Waals surface area contributed by atoms with Crippen molar-refractivity contribution in [3.63, 3.8) is 0 Å². The number of carbonyl (C=O) groups is 1. The smallest absolute Gasteiger partial charge is 0.308 e. The molecule has 1 amide bonds. The van der Waals surface area contributed by atoms with E-state index in [9.17, 15) is 22.4 Å². The highest BCUT2D eigenvalue weighted by Gasteiger charge is 2.37. The van der Waals surface area contributed by atoms with Crippen LogP contribution in [0.2, 0.25) is 0 Å². The van der Waals surface area contributed by atoms with Crippen LogP contribution in [0.15, 0.2) is 48.8 Å². The number of rotatable bonds is 3. The third kappa shape index (κ3) is 3.39. The fourth-order valence-corrected chi connectivity index (χ4v) is 3.96. The Morgan fingerprint density at radius 2 is 1.91 bits per heavy atom. The molecule has 0 unspecified atom stereocenters. The summed E-state index contributed by atoms with van der Waals surface area (Å²) >= 11 is 0. The maximum absolute atomic E-state index is 13.4. The van der Waals surface area contributed by atoms with Gasteiger partial charge in [0.15, 0.2) is 11.3 Å². The van der Waals surface area contributed by atoms with Crippen LogP contribution in [-0.4, -0.2) is 37.0 Å². The van der Waals surface area contributed by atoms with Crippen molar-refractivity contribution in [3.05, 3.63) is 66.0 Å². The minimum atomic E-state index is -4.66. The molecule has 0 atom stereocenters. The summed E-state index contributed by atoms with van der Waals surface area (Å²) in [7, 11) is 0. The molecular weight excluding hydrogens is 428 g/mol. The zero-order valence-corrected chi connectivity index (χ0v) is 16.6. The second kappa shape index (κ2) is 7.43. The van der Waals surface area contributed by atoms with E-state index >= 15 is 0 Å². The molecule has 1 aliphatic rings. The van der Waals surface area contributed by atoms with Crippen LogP contribution in [0, 0.1) is 5.82 Å². The summed E-state index contributed by atoms with van der Waals surface area (Å²) in [6.07, 6.45) is -0.462. The van der Waals surface area contributed by atoms with Gasteiger partial charge in [-0.3, -0.25) is 4.79 Å². The third-order valence-electron chi connectivity index (χ3n) is 5.37. The lowest BCUT2D eigenvalue weighted by Gasteiger charge is -2.27. The molecule has 5 rings (SSSR count). The summed E-state index contributed by atoms with van der Waals surface area (Å²) in [4.78, 5) is 18.6. The van der Waals surface area contributed by atoms with Gasteiger partial charge >= 0.3 is 6.18 Å². The first kappa shape index (κ1) is 20.2. The van der Waals surface area contributed by atoms with E-state index in [1.54, 1.807) is 16.8 Å². The van der Waals surface area contributed by atoms with Gasteiger partial charge in [0.1, 0.15) is 12.4 Å². The Bertz CT molecular complexity index is 1310. The average Bonchev–Trinajstić information content (AvgIpc) is 3.36. The van der Waals surface area contributed by atoms with Crippen molar-refractivity contribution in [1.82, 2.24) is 24.5 Å². The van der Waals surface area contributed by atoms with Gasteiger partial charge in [0.05, 0.1) is 28.7 Å². The molecule has 4 aromatic rings. The second-order valence-electron chi connectivity index (χ2n) is 7.39. The lowest BCUT2D eigenvalue weighted by atomic mass is 10.1. The minimum Gasteiger partial charge on any atom is -0.308 e. The molecule has 4 heterocycles. The largest absolute Gasteiger partial charge is 0.435 e. The summed E-state index contributed by atoms with van der Waals surface area (Å²) in [6.45, 7) is 0.00443. The molecule has 11 heteroatoms. The van der Waals surface area contributed by atoms with Crippen molar-refractivity contribution in [2.24, 2.45) is 0 Å². The molecule has 0 radical (unpaired) electrons. The Labute approximate surface area is 178 Å². The average molecular weight is 444 g/mol. The molecule has 0 spiro atoms. The van der Waals surface area contributed by atoms with Gasteiger partial charge in [-0.05, 0) is 49.2 Å². The predicted molar refractivity (Wildman–Crippen MR) is 107 cm³/mol. The van der Waals surface area contributed by atoms with E-state index in [0.717, 1.165) is 10.4 Å². The molecular formula is C21H16F4N6O. The monoisotopic (exact) mass is 444 g/mol. The Hall–Kier alpha value is -3.76. The number of amides is 1. The van der Waals surface area contributed by atoms with Gasteiger partial charge < -0.3 is 4.90 Å². The molecule has 0 fully saturated rings. The van der Waals surface area contributed by atoms with Crippen molar-refractivity contribution < 1.29 is 22.4 Å². The van der Waals surface area contributed by atoms with Crippen LogP contribution < -0.4 is 4.90 Å². The van der Waals surface area contributed by atoms with Crippen LogP contribution in [0.3, 0.4) is 0 Å². The number of nitrogens with zero attached hydrogens (tertiary/aromatic N) is 6. The first-order valence-electron chi connectivity index (χ1n) is 9.85. The quantitative estimate of drug-likeness (QED) is 0.452. The van der Waals surface area contributed by atoms with Gasteiger partial charge in [-0.2, -0.15) is 23.4 Å². The topological polar surface area (TPSA) is 68.8 Å². The second-order valence-corrected chi connectivity index (χ2v) is 7.39. The van der Waals surface area contributed by atoms with Crippen molar-refractivity contribution in [3.8, 4) is 5.69 Å². The first-order valence-corrected chi connectivity index (χ1v) is 9.85. The van der Waals surface area contributed by atoms with Gasteiger partial charge in [-0.25, -0.2) is 18.7 Å². The number of hydrogen-bond donors (Lipinski definition) is 0. The first-order chi connectivity index (χ1) is 15.3. The summed E-state index contributed by atoms with van der Waals surface area (Å²) in [6, 6.07) is 8.50. The molecule has 1 aliphatic heterocycles. The summed E-state index contributed by atoms with van der Waals surface area (Å²) in [5, 5.41) is 7.82. The number of aromatic nitrogens is 5. The number of benzene rings is 1. The Balaban J connectivity index is 1.47. The van der Waals surface area contributed by atoms with Crippen molar-refractivity contribution in [1.29, 1.82) is 0 Å². The molecule has 0 saturated carbocycles. The van der Waals surface area contributed by atoms with Crippen LogP contribution in [0.5, 0.6) is 0 Å². The molecule has 3 aromatic heterocycles. The van der Waals surface area contributed by atoms with Gasteiger partial charge in [-0.15, -0.1) is 0 Å². The number of alkyl halides is 3. The molecule has 32 heavy (non-hydrogen) atoms. The molecule has 0 N–H and O–H groups in total. The number of hydrogen-bond acceptors (Lipinski definition) is 4. The zero-order valence-electron chi connectivity index (χ0n) is 16.6. The maximum Gasteiger partial charge on any atom is 0.435 e. The maximum atomic E-state index is 13.4. The van der Waals surface area contributed by atoms with Gasteiger partial charge in [0.2, 0.25) is 5.91 Å². The van der Waals surface area contributed by atoms with Crippen molar-refractivity contribution >= 4 is 22.6 Å². The van der Waals surface area contributed by atoms with Gasteiger partial charge in [-0.1, -0.05) is 0 Å². The Morgan fingerprint density at radius 1 is 1.12 bits per heavy atom. The van der Waals surface area contributed by atoms with Crippen molar-refractivity contribution in [2.45, 2.75) is 25.6 Å². The SMILES string of the molecule is O=C(Cn1nc(C(F)(F)F)c2cccnc21)N1CCCc2c1cnn2-c1ccc(F)cc1. The molecule has 1 aromatic carbocycles. The Morgan fingerprint density at radius 3 is 2.66 bits per heavy atom. The highest BCUT2D eigenvalue weighted by atomic mass is 19.4. The molecule has 164 valence electrons. The fourth-order valence-electron chi connectivity index (χ4n) is 3.96. The summed E-state index contributed by atoms with van der Waals surface area (Å²) in [5.41, 5.74) is 0.921. The number of carbonyl (C=O) groups excluding carboxylic acids is 1. The number of pyridine rings is 1. The molecule has 0 saturated heterocycles. The third-order valence-corrected chi connectivity index (χ3v) is 5.37. The van der Waals surface area contributed by atoms with E-state index in [4.69, 9.17) is 0 Å². The van der Waals surface area contributed by atoms with Crippen LogP contribution in [-0.2, 0) is 23.9 Å². The lowest BCUT2D eigenvalue weighted by Crippen LogP contribution is -2.38. The predicted octanol–water partition coefficient (Wildman–Crippen LogP) is 3.75. The standard InChI is InChI=1S/C21H16F4N6O/c22-13-5-7-14(8-6-13)31-16-4-2-10-29(17(16)11-27-31)18(32)12-30-20-15(3-1-9-26-20)19(28-30)21(23,24)25/h1,3,5-9,11H,2,4,10,12H2. The van der Waals surface area contributed by atoms with Crippen LogP contribution in [0.25, 0.3) is 16.7 Å². The minimum absolute atomic E-state index is 0.00702. The fraction of sp³-hybridized carbons (Fsp3) is 0.238. The van der Waals surface area contributed by atoms with E-state index in [-0.39, 0.29) is 16.9 Å². The normalized spacial score (nSPS) is 14.1. The zero-order chi connectivity index (χ0) is 22.5. The van der Waals surface area contributed by atoms with E-state index in [2.05, 4.69) is 15.2 Å². The number of halogens is 4. The summed E-state index contributed by atoms with van der Waals surface area (Å²) < 4.78 is 56.0. The molecule has 7 nitrogen and oxygen atoms in total. The number of anilines is 1. The van der Waals surface area contributed by atoms with Crippen LogP contribution in [0.4, 0.5) is 23.2 Å². The highest BCUT2D eigenvalue weighted by Crippen LogP contribution is 2.34. The van der Waals surface area contributed by atoms with Gasteiger partial charge in [0, 0.05) is 12.7 Å². The van der Waals surface area contributed by atoms with E-state index in [0.29, 0.717) is 30.8 Å².